The number of aryl methyl sites for hydroxylation is 1. The van der Waals surface area contributed by atoms with E-state index in [1.54, 1.807) is 48.5 Å². The molecule has 0 aliphatic carbocycles. The molecular weight excluding hydrogens is 442 g/mol. The molecule has 0 radical (unpaired) electrons. The molecule has 29 heavy (non-hydrogen) atoms. The van der Waals surface area contributed by atoms with Gasteiger partial charge < -0.3 is 20.7 Å². The van der Waals surface area contributed by atoms with Crippen LogP contribution in [0, 0.1) is 6.92 Å². The zero-order chi connectivity index (χ0) is 21.2. The molecule has 2 aromatic carbocycles. The lowest BCUT2D eigenvalue weighted by Crippen LogP contribution is -2.37. The Labute approximate surface area is 176 Å². The van der Waals surface area contributed by atoms with Gasteiger partial charge in [-0.25, -0.2) is 0 Å². The number of para-hydroxylation sites is 1. The van der Waals surface area contributed by atoms with E-state index in [0.717, 1.165) is 5.56 Å². The summed E-state index contributed by atoms with van der Waals surface area (Å²) in [6.07, 6.45) is 0. The van der Waals surface area contributed by atoms with Gasteiger partial charge in [0.25, 0.3) is 11.8 Å². The van der Waals surface area contributed by atoms with E-state index < -0.39 is 30.3 Å². The Morgan fingerprint density at radius 3 is 2.28 bits per heavy atom. The van der Waals surface area contributed by atoms with Crippen molar-refractivity contribution in [1.82, 2.24) is 10.6 Å². The average Bonchev–Trinajstić information content (AvgIpc) is 2.71. The van der Waals surface area contributed by atoms with Crippen LogP contribution < -0.4 is 16.0 Å². The Balaban J connectivity index is 1.64. The number of anilines is 1. The highest BCUT2D eigenvalue weighted by atomic mass is 79.9. The third kappa shape index (κ3) is 7.74. The number of nitrogens with one attached hydrogen (secondary N) is 3. The van der Waals surface area contributed by atoms with E-state index in [0.29, 0.717) is 15.7 Å². The van der Waals surface area contributed by atoms with Gasteiger partial charge in [-0.1, -0.05) is 29.8 Å². The van der Waals surface area contributed by atoms with Crippen molar-refractivity contribution in [2.45, 2.75) is 6.92 Å². The van der Waals surface area contributed by atoms with E-state index in [2.05, 4.69) is 31.9 Å². The van der Waals surface area contributed by atoms with Crippen LogP contribution in [0.3, 0.4) is 0 Å². The number of carbonyl (C=O) groups excluding carboxylic acids is 4. The molecule has 9 heteroatoms. The molecule has 0 saturated heterocycles. The van der Waals surface area contributed by atoms with Gasteiger partial charge in [-0.3, -0.25) is 19.2 Å². The van der Waals surface area contributed by atoms with Crippen LogP contribution in [0.15, 0.2) is 53.0 Å². The highest BCUT2D eigenvalue weighted by Gasteiger charge is 2.12. The van der Waals surface area contributed by atoms with Gasteiger partial charge in [0.1, 0.15) is 6.54 Å². The molecule has 2 rings (SSSR count). The lowest BCUT2D eigenvalue weighted by Gasteiger charge is -2.09. The minimum absolute atomic E-state index is 0.276. The van der Waals surface area contributed by atoms with Crippen molar-refractivity contribution in [1.29, 1.82) is 0 Å². The Morgan fingerprint density at radius 2 is 1.59 bits per heavy atom. The molecule has 0 aromatic heterocycles. The number of esters is 1. The second-order valence-corrected chi connectivity index (χ2v) is 6.87. The molecule has 0 aliphatic rings. The molecule has 0 spiro atoms. The summed E-state index contributed by atoms with van der Waals surface area (Å²) in [6.45, 7) is 0.695. The molecule has 0 saturated carbocycles. The summed E-state index contributed by atoms with van der Waals surface area (Å²) in [7, 11) is 0. The van der Waals surface area contributed by atoms with Crippen LogP contribution in [0.2, 0.25) is 0 Å². The summed E-state index contributed by atoms with van der Waals surface area (Å²) in [5.41, 5.74) is 2.00. The summed E-state index contributed by atoms with van der Waals surface area (Å²) < 4.78 is 5.48. The summed E-state index contributed by atoms with van der Waals surface area (Å²) in [4.78, 5) is 47.1. The van der Waals surface area contributed by atoms with Crippen LogP contribution >= 0.6 is 15.9 Å². The first-order valence-electron chi connectivity index (χ1n) is 8.66. The molecule has 2 aromatic rings. The number of rotatable bonds is 8. The third-order valence-electron chi connectivity index (χ3n) is 3.67. The van der Waals surface area contributed by atoms with E-state index in [9.17, 15) is 19.2 Å². The zero-order valence-corrected chi connectivity index (χ0v) is 17.2. The first-order valence-corrected chi connectivity index (χ1v) is 9.46. The maximum Gasteiger partial charge on any atom is 0.325 e. The van der Waals surface area contributed by atoms with Crippen molar-refractivity contribution in [3.05, 3.63) is 64.1 Å². The van der Waals surface area contributed by atoms with E-state index in [-0.39, 0.29) is 13.1 Å². The van der Waals surface area contributed by atoms with Crippen molar-refractivity contribution in [3.8, 4) is 0 Å². The normalized spacial score (nSPS) is 10.0. The number of amides is 3. The molecule has 8 nitrogen and oxygen atoms in total. The molecule has 3 N–H and O–H groups in total. The summed E-state index contributed by atoms with van der Waals surface area (Å²) in [5.74, 6) is -2.25. The van der Waals surface area contributed by atoms with E-state index in [4.69, 9.17) is 4.74 Å². The topological polar surface area (TPSA) is 114 Å². The third-order valence-corrected chi connectivity index (χ3v) is 4.36. The van der Waals surface area contributed by atoms with Gasteiger partial charge in [0.15, 0.2) is 6.61 Å². The summed E-state index contributed by atoms with van der Waals surface area (Å²) >= 11 is 3.30. The van der Waals surface area contributed by atoms with Gasteiger partial charge >= 0.3 is 5.97 Å². The molecule has 0 bridgehead atoms. The standard InChI is InChI=1S/C20H20BrN3O5/c1-13-6-8-14(9-7-13)20(28)23-11-19(27)29-12-18(26)22-10-17(25)24-16-5-3-2-4-15(16)21/h2-9H,10-12H2,1H3,(H,22,26)(H,23,28)(H,24,25). The van der Waals surface area contributed by atoms with Gasteiger partial charge in [-0.15, -0.1) is 0 Å². The number of ether oxygens (including phenoxy) is 1. The van der Waals surface area contributed by atoms with Gasteiger partial charge in [0.05, 0.1) is 12.2 Å². The van der Waals surface area contributed by atoms with Gasteiger partial charge in [-0.2, -0.15) is 0 Å². The SMILES string of the molecule is Cc1ccc(C(=O)NCC(=O)OCC(=O)NCC(=O)Nc2ccccc2Br)cc1. The monoisotopic (exact) mass is 461 g/mol. The smallest absolute Gasteiger partial charge is 0.325 e. The number of halogens is 1. The predicted molar refractivity (Wildman–Crippen MR) is 110 cm³/mol. The largest absolute Gasteiger partial charge is 0.454 e. The van der Waals surface area contributed by atoms with Crippen molar-refractivity contribution in [2.24, 2.45) is 0 Å². The van der Waals surface area contributed by atoms with Gasteiger partial charge in [-0.05, 0) is 47.1 Å². The highest BCUT2D eigenvalue weighted by Crippen LogP contribution is 2.20. The van der Waals surface area contributed by atoms with E-state index in [1.807, 2.05) is 6.92 Å². The van der Waals surface area contributed by atoms with Crippen LogP contribution in [0.25, 0.3) is 0 Å². The predicted octanol–water partition coefficient (Wildman–Crippen LogP) is 1.79. The molecule has 0 aliphatic heterocycles. The maximum absolute atomic E-state index is 11.9. The molecule has 0 unspecified atom stereocenters. The van der Waals surface area contributed by atoms with Crippen molar-refractivity contribution in [3.63, 3.8) is 0 Å². The first kappa shape index (κ1) is 22.1. The van der Waals surface area contributed by atoms with Gasteiger partial charge in [0, 0.05) is 10.0 Å². The van der Waals surface area contributed by atoms with Crippen LogP contribution in [0.1, 0.15) is 15.9 Å². The Bertz CT molecular complexity index is 899. The molecule has 3 amide bonds. The fraction of sp³-hybridized carbons (Fsp3) is 0.200. The second-order valence-electron chi connectivity index (χ2n) is 6.01. The Morgan fingerprint density at radius 1 is 0.897 bits per heavy atom. The summed E-state index contributed by atoms with van der Waals surface area (Å²) in [5, 5.41) is 7.38. The maximum atomic E-state index is 11.9. The summed E-state index contributed by atoms with van der Waals surface area (Å²) in [6, 6.07) is 13.9. The number of benzene rings is 2. The number of carbonyl (C=O) groups is 4. The first-order chi connectivity index (χ1) is 13.8. The molecule has 0 fully saturated rings. The zero-order valence-electron chi connectivity index (χ0n) is 15.7. The molecule has 152 valence electrons. The van der Waals surface area contributed by atoms with E-state index in [1.165, 1.54) is 0 Å². The van der Waals surface area contributed by atoms with Crippen LogP contribution in [0.4, 0.5) is 5.69 Å². The minimum Gasteiger partial charge on any atom is -0.454 e. The van der Waals surface area contributed by atoms with E-state index >= 15 is 0 Å². The van der Waals surface area contributed by atoms with Crippen molar-refractivity contribution in [2.75, 3.05) is 25.0 Å². The lowest BCUT2D eigenvalue weighted by molar-refractivity contribution is -0.147. The second kappa shape index (κ2) is 11.0. The van der Waals surface area contributed by atoms with Crippen LogP contribution in [-0.2, 0) is 19.1 Å². The van der Waals surface area contributed by atoms with Crippen molar-refractivity contribution < 1.29 is 23.9 Å². The van der Waals surface area contributed by atoms with Crippen LogP contribution in [0.5, 0.6) is 0 Å². The molecular formula is C20H20BrN3O5. The minimum atomic E-state index is -0.765. The fourth-order valence-electron chi connectivity index (χ4n) is 2.14. The van der Waals surface area contributed by atoms with Crippen LogP contribution in [-0.4, -0.2) is 43.4 Å². The average molecular weight is 462 g/mol. The molecule has 0 heterocycles. The Kier molecular flexibility index (Phi) is 8.35. The number of hydrogen-bond acceptors (Lipinski definition) is 5. The fourth-order valence-corrected chi connectivity index (χ4v) is 2.53. The quantitative estimate of drug-likeness (QED) is 0.518. The highest BCUT2D eigenvalue weighted by molar-refractivity contribution is 9.10. The molecule has 0 atom stereocenters. The van der Waals surface area contributed by atoms with Crippen molar-refractivity contribution >= 4 is 45.3 Å². The van der Waals surface area contributed by atoms with Gasteiger partial charge in [0.2, 0.25) is 5.91 Å². The Hall–Kier alpha value is -3.20. The lowest BCUT2D eigenvalue weighted by atomic mass is 10.1. The number of hydrogen-bond donors (Lipinski definition) is 3.